The van der Waals surface area contributed by atoms with Gasteiger partial charge in [0.1, 0.15) is 0 Å². The lowest BCUT2D eigenvalue weighted by Crippen LogP contribution is -2.41. The predicted octanol–water partition coefficient (Wildman–Crippen LogP) is 1.70. The van der Waals surface area contributed by atoms with Crippen molar-refractivity contribution in [2.45, 2.75) is 26.7 Å². The van der Waals surface area contributed by atoms with Crippen LogP contribution in [-0.4, -0.2) is 22.6 Å². The van der Waals surface area contributed by atoms with Gasteiger partial charge in [-0.05, 0) is 30.4 Å². The minimum Gasteiger partial charge on any atom is -0.481 e. The molecule has 0 saturated carbocycles. The molecule has 1 unspecified atom stereocenters. The predicted molar refractivity (Wildman–Crippen MR) is 66.5 cm³/mol. The Labute approximate surface area is 102 Å². The maximum absolute atomic E-state index is 11.5. The van der Waals surface area contributed by atoms with Gasteiger partial charge < -0.3 is 10.8 Å². The minimum absolute atomic E-state index is 0.148. The maximum atomic E-state index is 11.5. The van der Waals surface area contributed by atoms with Crippen molar-refractivity contribution in [2.75, 3.05) is 6.54 Å². The van der Waals surface area contributed by atoms with Gasteiger partial charge in [0.05, 0.1) is 5.41 Å². The number of nitrogens with zero attached hydrogens (tertiary/aromatic N) is 1. The molecular formula is C13H20N2O2. The summed E-state index contributed by atoms with van der Waals surface area (Å²) in [6.45, 7) is 4.17. The van der Waals surface area contributed by atoms with Gasteiger partial charge in [-0.25, -0.2) is 0 Å². The number of rotatable bonds is 6. The molecule has 1 heterocycles. The summed E-state index contributed by atoms with van der Waals surface area (Å²) in [7, 11) is 0. The topological polar surface area (TPSA) is 76.2 Å². The highest BCUT2D eigenvalue weighted by molar-refractivity contribution is 5.75. The Balaban J connectivity index is 2.94. The number of pyridine rings is 1. The fraction of sp³-hybridized carbons (Fsp3) is 0.538. The second-order valence-electron chi connectivity index (χ2n) is 4.93. The molecule has 0 saturated heterocycles. The Morgan fingerprint density at radius 3 is 2.71 bits per heavy atom. The molecule has 1 aromatic heterocycles. The van der Waals surface area contributed by atoms with Crippen LogP contribution in [0, 0.1) is 11.3 Å². The van der Waals surface area contributed by atoms with Crippen molar-refractivity contribution in [3.63, 3.8) is 0 Å². The van der Waals surface area contributed by atoms with Crippen LogP contribution in [0.15, 0.2) is 24.5 Å². The lowest BCUT2D eigenvalue weighted by Gasteiger charge is -2.29. The van der Waals surface area contributed by atoms with Crippen molar-refractivity contribution < 1.29 is 9.90 Å². The van der Waals surface area contributed by atoms with Gasteiger partial charge in [-0.15, -0.1) is 0 Å². The molecule has 0 aliphatic rings. The van der Waals surface area contributed by atoms with E-state index >= 15 is 0 Å². The highest BCUT2D eigenvalue weighted by Crippen LogP contribution is 2.30. The molecule has 0 amide bonds. The van der Waals surface area contributed by atoms with Crippen molar-refractivity contribution in [3.05, 3.63) is 30.1 Å². The first-order valence-corrected chi connectivity index (χ1v) is 5.82. The molecule has 3 N–H and O–H groups in total. The highest BCUT2D eigenvalue weighted by Gasteiger charge is 2.37. The van der Waals surface area contributed by atoms with Crippen LogP contribution in [-0.2, 0) is 11.2 Å². The Morgan fingerprint density at radius 1 is 1.59 bits per heavy atom. The van der Waals surface area contributed by atoms with Crippen LogP contribution in [0.25, 0.3) is 0 Å². The van der Waals surface area contributed by atoms with E-state index < -0.39 is 11.4 Å². The molecule has 0 radical (unpaired) electrons. The van der Waals surface area contributed by atoms with E-state index in [9.17, 15) is 9.90 Å². The summed E-state index contributed by atoms with van der Waals surface area (Å²) in [6, 6.07) is 3.70. The number of carbonyl (C=O) groups is 1. The molecule has 0 spiro atoms. The van der Waals surface area contributed by atoms with Gasteiger partial charge in [0.15, 0.2) is 0 Å². The molecule has 0 fully saturated rings. The average molecular weight is 236 g/mol. The number of hydrogen-bond donors (Lipinski definition) is 2. The van der Waals surface area contributed by atoms with E-state index in [-0.39, 0.29) is 6.54 Å². The second kappa shape index (κ2) is 5.77. The molecule has 1 atom stereocenters. The summed E-state index contributed by atoms with van der Waals surface area (Å²) in [5.41, 5.74) is 5.74. The van der Waals surface area contributed by atoms with E-state index in [0.717, 1.165) is 5.56 Å². The monoisotopic (exact) mass is 236 g/mol. The lowest BCUT2D eigenvalue weighted by molar-refractivity contribution is -0.149. The van der Waals surface area contributed by atoms with Crippen LogP contribution in [0.5, 0.6) is 0 Å². The zero-order chi connectivity index (χ0) is 12.9. The summed E-state index contributed by atoms with van der Waals surface area (Å²) in [4.78, 5) is 15.5. The molecule has 0 bridgehead atoms. The number of hydrogen-bond acceptors (Lipinski definition) is 3. The summed E-state index contributed by atoms with van der Waals surface area (Å²) in [5, 5.41) is 9.43. The molecule has 4 heteroatoms. The van der Waals surface area contributed by atoms with Gasteiger partial charge in [-0.1, -0.05) is 19.9 Å². The third-order valence-electron chi connectivity index (χ3n) is 2.91. The SMILES string of the molecule is CC(C)CC(CN)(Cc1cccnc1)C(=O)O. The normalized spacial score (nSPS) is 14.6. The third-order valence-corrected chi connectivity index (χ3v) is 2.91. The van der Waals surface area contributed by atoms with Gasteiger partial charge >= 0.3 is 5.97 Å². The largest absolute Gasteiger partial charge is 0.481 e. The van der Waals surface area contributed by atoms with E-state index in [2.05, 4.69) is 4.98 Å². The first-order valence-electron chi connectivity index (χ1n) is 5.82. The zero-order valence-electron chi connectivity index (χ0n) is 10.4. The lowest BCUT2D eigenvalue weighted by atomic mass is 9.75. The fourth-order valence-corrected chi connectivity index (χ4v) is 2.15. The molecule has 0 aliphatic carbocycles. The summed E-state index contributed by atoms with van der Waals surface area (Å²) in [5.74, 6) is -0.524. The Bertz CT molecular complexity index is 365. The fourth-order valence-electron chi connectivity index (χ4n) is 2.15. The second-order valence-corrected chi connectivity index (χ2v) is 4.93. The first kappa shape index (κ1) is 13.6. The quantitative estimate of drug-likeness (QED) is 0.788. The first-order chi connectivity index (χ1) is 8.00. The van der Waals surface area contributed by atoms with Gasteiger partial charge in [0.25, 0.3) is 0 Å². The van der Waals surface area contributed by atoms with E-state index in [1.54, 1.807) is 12.4 Å². The van der Waals surface area contributed by atoms with Crippen LogP contribution in [0.4, 0.5) is 0 Å². The van der Waals surface area contributed by atoms with Gasteiger partial charge in [0, 0.05) is 18.9 Å². The van der Waals surface area contributed by atoms with E-state index in [1.165, 1.54) is 0 Å². The zero-order valence-corrected chi connectivity index (χ0v) is 10.4. The van der Waals surface area contributed by atoms with Crippen LogP contribution in [0.1, 0.15) is 25.8 Å². The number of carboxylic acids is 1. The number of aliphatic carboxylic acids is 1. The molecule has 1 aromatic rings. The van der Waals surface area contributed by atoms with E-state index in [0.29, 0.717) is 18.8 Å². The van der Waals surface area contributed by atoms with Gasteiger partial charge in [-0.2, -0.15) is 0 Å². The average Bonchev–Trinajstić information content (AvgIpc) is 2.28. The Hall–Kier alpha value is -1.42. The summed E-state index contributed by atoms with van der Waals surface area (Å²) < 4.78 is 0. The van der Waals surface area contributed by atoms with Gasteiger partial charge in [-0.3, -0.25) is 9.78 Å². The van der Waals surface area contributed by atoms with Crippen LogP contribution in [0.3, 0.4) is 0 Å². The Morgan fingerprint density at radius 2 is 2.29 bits per heavy atom. The van der Waals surface area contributed by atoms with Crippen molar-refractivity contribution in [3.8, 4) is 0 Å². The number of aromatic nitrogens is 1. The minimum atomic E-state index is -0.878. The van der Waals surface area contributed by atoms with Crippen LogP contribution < -0.4 is 5.73 Å². The van der Waals surface area contributed by atoms with Crippen molar-refractivity contribution in [1.29, 1.82) is 0 Å². The molecular weight excluding hydrogens is 216 g/mol. The third kappa shape index (κ3) is 3.53. The van der Waals surface area contributed by atoms with Crippen LogP contribution >= 0.6 is 0 Å². The summed E-state index contributed by atoms with van der Waals surface area (Å²) >= 11 is 0. The Kier molecular flexibility index (Phi) is 4.63. The molecule has 17 heavy (non-hydrogen) atoms. The molecule has 4 nitrogen and oxygen atoms in total. The van der Waals surface area contributed by atoms with Crippen molar-refractivity contribution in [2.24, 2.45) is 17.1 Å². The summed E-state index contributed by atoms with van der Waals surface area (Å²) in [6.07, 6.45) is 4.39. The van der Waals surface area contributed by atoms with Crippen molar-refractivity contribution in [1.82, 2.24) is 4.98 Å². The van der Waals surface area contributed by atoms with Crippen molar-refractivity contribution >= 4 is 5.97 Å². The molecule has 1 rings (SSSR count). The standard InChI is InChI=1S/C13H20N2O2/c1-10(2)6-13(9-14,12(16)17)7-11-4-3-5-15-8-11/h3-5,8,10H,6-7,9,14H2,1-2H3,(H,16,17). The smallest absolute Gasteiger partial charge is 0.311 e. The number of carboxylic acid groups (broad SMARTS) is 1. The van der Waals surface area contributed by atoms with Gasteiger partial charge in [0.2, 0.25) is 0 Å². The van der Waals surface area contributed by atoms with E-state index in [1.807, 2.05) is 26.0 Å². The maximum Gasteiger partial charge on any atom is 0.311 e. The molecule has 0 aromatic carbocycles. The highest BCUT2D eigenvalue weighted by atomic mass is 16.4. The molecule has 0 aliphatic heterocycles. The van der Waals surface area contributed by atoms with E-state index in [4.69, 9.17) is 5.73 Å². The van der Waals surface area contributed by atoms with Crippen LogP contribution in [0.2, 0.25) is 0 Å². The molecule has 94 valence electrons. The number of nitrogens with two attached hydrogens (primary N) is 1.